The van der Waals surface area contributed by atoms with Gasteiger partial charge in [-0.05, 0) is 44.4 Å². The van der Waals surface area contributed by atoms with Crippen LogP contribution in [0.2, 0.25) is 0 Å². The maximum atomic E-state index is 13.8. The van der Waals surface area contributed by atoms with Crippen molar-refractivity contribution >= 4 is 46.6 Å². The van der Waals surface area contributed by atoms with E-state index in [0.29, 0.717) is 29.4 Å². The highest BCUT2D eigenvalue weighted by Crippen LogP contribution is 2.50. The van der Waals surface area contributed by atoms with E-state index < -0.39 is 52.1 Å². The number of rotatable bonds is 6. The van der Waals surface area contributed by atoms with E-state index in [9.17, 15) is 24.3 Å². The van der Waals surface area contributed by atoms with Crippen LogP contribution in [0.15, 0.2) is 54.4 Å². The molecule has 4 amide bonds. The Morgan fingerprint density at radius 1 is 1.28 bits per heavy atom. The number of carboxylic acid groups (broad SMARTS) is 1. The Bertz CT molecular complexity index is 1330. The molecule has 4 N–H and O–H groups in total. The zero-order chi connectivity index (χ0) is 25.8. The standard InChI is InChI=1S/C24H26N6O5S/c1-24(2)18(22(33)34)29-20(32)16(21(29)36-24)27-19(31)17(13-8-4-3-5-9-13)30(23(25)35)28-12-26-14-10-6-7-11-15(14)28/h3-4,6-7,9-12,16-18,21H,5,8H2,1-2H3,(H2,25,35)(H,27,31)(H,33,34)/t16-,17?,18+,21-/m1/s1. The summed E-state index contributed by atoms with van der Waals surface area (Å²) < 4.78 is 0.723. The number of amides is 4. The van der Waals surface area contributed by atoms with E-state index in [-0.39, 0.29) is 0 Å². The monoisotopic (exact) mass is 510 g/mol. The number of nitrogens with two attached hydrogens (primary N) is 1. The minimum absolute atomic E-state index is 0.422. The molecular formula is C24H26N6O5S. The summed E-state index contributed by atoms with van der Waals surface area (Å²) in [4.78, 5) is 57.0. The summed E-state index contributed by atoms with van der Waals surface area (Å²) in [6.45, 7) is 3.53. The molecule has 4 atom stereocenters. The van der Waals surface area contributed by atoms with Crippen molar-refractivity contribution in [1.29, 1.82) is 0 Å². The van der Waals surface area contributed by atoms with Gasteiger partial charge in [-0.2, -0.15) is 0 Å². The first-order valence-corrected chi connectivity index (χ1v) is 12.4. The van der Waals surface area contributed by atoms with Crippen LogP contribution in [0.3, 0.4) is 0 Å². The number of β-lactam (4-membered cyclic amide) rings is 1. The first kappa shape index (κ1) is 23.9. The van der Waals surface area contributed by atoms with Crippen LogP contribution >= 0.6 is 11.8 Å². The van der Waals surface area contributed by atoms with E-state index in [4.69, 9.17) is 5.73 Å². The van der Waals surface area contributed by atoms with E-state index in [0.717, 1.165) is 5.01 Å². The molecule has 1 unspecified atom stereocenters. The van der Waals surface area contributed by atoms with Crippen LogP contribution in [0.1, 0.15) is 26.7 Å². The molecule has 3 heterocycles. The van der Waals surface area contributed by atoms with Gasteiger partial charge in [0.15, 0.2) is 6.04 Å². The second kappa shape index (κ2) is 8.70. The molecule has 2 saturated heterocycles. The second-order valence-corrected chi connectivity index (χ2v) is 11.2. The molecule has 12 heteroatoms. The van der Waals surface area contributed by atoms with Crippen LogP contribution in [0.4, 0.5) is 4.79 Å². The molecular weight excluding hydrogens is 484 g/mol. The zero-order valence-electron chi connectivity index (χ0n) is 19.7. The van der Waals surface area contributed by atoms with Gasteiger partial charge >= 0.3 is 12.0 Å². The summed E-state index contributed by atoms with van der Waals surface area (Å²) in [6.07, 6.45) is 8.16. The molecule has 2 aromatic rings. The molecule has 2 fully saturated rings. The van der Waals surface area contributed by atoms with Gasteiger partial charge in [-0.15, -0.1) is 11.8 Å². The van der Waals surface area contributed by atoms with Crippen LogP contribution in [0.25, 0.3) is 11.0 Å². The number of thioether (sulfide) groups is 1. The number of carboxylic acids is 1. The normalized spacial score (nSPS) is 25.1. The Labute approximate surface area is 211 Å². The quantitative estimate of drug-likeness (QED) is 0.392. The van der Waals surface area contributed by atoms with Crippen molar-refractivity contribution in [3.63, 3.8) is 0 Å². The summed E-state index contributed by atoms with van der Waals surface area (Å²) in [5, 5.41) is 13.1. The summed E-state index contributed by atoms with van der Waals surface area (Å²) in [7, 11) is 0. The van der Waals surface area contributed by atoms with Gasteiger partial charge in [0.1, 0.15) is 23.8 Å². The van der Waals surface area contributed by atoms with Gasteiger partial charge in [0.25, 0.3) is 0 Å². The number of allylic oxidation sites excluding steroid dienone is 3. The van der Waals surface area contributed by atoms with Gasteiger partial charge in [0.2, 0.25) is 11.8 Å². The number of para-hydroxylation sites is 2. The highest BCUT2D eigenvalue weighted by atomic mass is 32.2. The third-order valence-electron chi connectivity index (χ3n) is 6.75. The number of carbonyl (C=O) groups excluding carboxylic acids is 3. The number of nitrogens with zero attached hydrogens (tertiary/aromatic N) is 4. The average Bonchev–Trinajstić information content (AvgIpc) is 3.37. The third kappa shape index (κ3) is 3.72. The van der Waals surface area contributed by atoms with Crippen LogP contribution in [0.5, 0.6) is 0 Å². The molecule has 1 aromatic heterocycles. The molecule has 0 saturated carbocycles. The Morgan fingerprint density at radius 2 is 2.03 bits per heavy atom. The van der Waals surface area contributed by atoms with Crippen molar-refractivity contribution in [2.75, 3.05) is 5.01 Å². The summed E-state index contributed by atoms with van der Waals surface area (Å²) in [5.41, 5.74) is 7.67. The smallest absolute Gasteiger partial charge is 0.335 e. The minimum Gasteiger partial charge on any atom is -0.480 e. The molecule has 188 valence electrons. The van der Waals surface area contributed by atoms with Crippen molar-refractivity contribution in [3.8, 4) is 0 Å². The maximum Gasteiger partial charge on any atom is 0.335 e. The molecule has 36 heavy (non-hydrogen) atoms. The number of nitrogens with one attached hydrogen (secondary N) is 1. The number of carbonyl (C=O) groups is 4. The van der Waals surface area contributed by atoms with Gasteiger partial charge in [0.05, 0.1) is 11.0 Å². The van der Waals surface area contributed by atoms with Crippen LogP contribution < -0.4 is 16.1 Å². The number of aliphatic carboxylic acids is 1. The van der Waals surface area contributed by atoms with Crippen molar-refractivity contribution in [2.24, 2.45) is 5.73 Å². The molecule has 1 aromatic carbocycles. The number of hydrogen-bond acceptors (Lipinski definition) is 6. The lowest BCUT2D eigenvalue weighted by molar-refractivity contribution is -0.161. The van der Waals surface area contributed by atoms with Gasteiger partial charge < -0.3 is 21.1 Å². The largest absolute Gasteiger partial charge is 0.480 e. The number of hydrogen-bond donors (Lipinski definition) is 3. The fourth-order valence-electron chi connectivity index (χ4n) is 5.13. The molecule has 0 bridgehead atoms. The van der Waals surface area contributed by atoms with Crippen LogP contribution in [-0.2, 0) is 14.4 Å². The number of fused-ring (bicyclic) bond motifs is 2. The Morgan fingerprint density at radius 3 is 2.69 bits per heavy atom. The molecule has 11 nitrogen and oxygen atoms in total. The highest BCUT2D eigenvalue weighted by molar-refractivity contribution is 8.01. The van der Waals surface area contributed by atoms with E-state index in [1.54, 1.807) is 32.0 Å². The molecule has 2 aliphatic heterocycles. The van der Waals surface area contributed by atoms with Gasteiger partial charge in [-0.3, -0.25) is 9.59 Å². The summed E-state index contributed by atoms with van der Waals surface area (Å²) in [5.74, 6) is -2.13. The first-order chi connectivity index (χ1) is 17.1. The van der Waals surface area contributed by atoms with E-state index in [1.165, 1.54) is 27.7 Å². The zero-order valence-corrected chi connectivity index (χ0v) is 20.5. The third-order valence-corrected chi connectivity index (χ3v) is 8.32. The molecule has 5 rings (SSSR count). The first-order valence-electron chi connectivity index (χ1n) is 11.5. The van der Waals surface area contributed by atoms with Gasteiger partial charge in [0, 0.05) is 4.75 Å². The maximum absolute atomic E-state index is 13.8. The minimum atomic E-state index is -1.14. The van der Waals surface area contributed by atoms with Gasteiger partial charge in [-0.1, -0.05) is 30.4 Å². The van der Waals surface area contributed by atoms with Crippen molar-refractivity contribution in [2.45, 2.75) is 54.9 Å². The fourth-order valence-corrected chi connectivity index (χ4v) is 6.76. The number of imidazole rings is 1. The Kier molecular flexibility index (Phi) is 5.78. The Hall–Kier alpha value is -3.80. The molecule has 3 aliphatic rings. The number of benzene rings is 1. The van der Waals surface area contributed by atoms with Crippen molar-refractivity contribution < 1.29 is 24.3 Å². The Balaban J connectivity index is 1.48. The molecule has 0 spiro atoms. The second-order valence-electron chi connectivity index (χ2n) is 9.44. The predicted molar refractivity (Wildman–Crippen MR) is 133 cm³/mol. The fraction of sp³-hybridized carbons (Fsp3) is 0.375. The van der Waals surface area contributed by atoms with Crippen molar-refractivity contribution in [1.82, 2.24) is 19.9 Å². The van der Waals surface area contributed by atoms with Crippen molar-refractivity contribution in [3.05, 3.63) is 54.4 Å². The predicted octanol–water partition coefficient (Wildman–Crippen LogP) is 1.33. The topological polar surface area (TPSA) is 151 Å². The number of primary amides is 1. The lowest BCUT2D eigenvalue weighted by Gasteiger charge is -2.44. The summed E-state index contributed by atoms with van der Waals surface area (Å²) in [6, 6.07) is 3.24. The molecule has 0 radical (unpaired) electrons. The molecule has 1 aliphatic carbocycles. The van der Waals surface area contributed by atoms with Crippen LogP contribution in [0, 0.1) is 0 Å². The lowest BCUT2D eigenvalue weighted by Crippen LogP contribution is -2.72. The average molecular weight is 511 g/mol. The van der Waals surface area contributed by atoms with E-state index in [2.05, 4.69) is 10.3 Å². The van der Waals surface area contributed by atoms with Crippen LogP contribution in [-0.4, -0.2) is 71.7 Å². The lowest BCUT2D eigenvalue weighted by atomic mass is 9.94. The SMILES string of the molecule is CC1(C)S[C@@H]2[C@H](NC(=O)C(C3=CCC=CC3)N(C(N)=O)n3cnc4ccccc43)C(=O)N2[C@H]1C(=O)O. The number of urea groups is 1. The van der Waals surface area contributed by atoms with E-state index >= 15 is 0 Å². The summed E-state index contributed by atoms with van der Waals surface area (Å²) >= 11 is 1.33. The van der Waals surface area contributed by atoms with Gasteiger partial charge in [-0.25, -0.2) is 24.3 Å². The number of aromatic nitrogens is 2. The highest BCUT2D eigenvalue weighted by Gasteiger charge is 2.64. The van der Waals surface area contributed by atoms with E-state index in [1.807, 2.05) is 24.3 Å².